The van der Waals surface area contributed by atoms with Gasteiger partial charge in [-0.2, -0.15) is 0 Å². The van der Waals surface area contributed by atoms with Gasteiger partial charge in [0.05, 0.1) is 10.7 Å². The van der Waals surface area contributed by atoms with Gasteiger partial charge in [0.25, 0.3) is 0 Å². The topological polar surface area (TPSA) is 109 Å². The summed E-state index contributed by atoms with van der Waals surface area (Å²) in [4.78, 5) is 4.59. The number of hydrogen-bond donors (Lipinski definition) is 3. The molecule has 2 heterocycles. The number of ether oxygens (including phenoxy) is 1. The molecule has 172 valence electrons. The molecule has 0 saturated heterocycles. The van der Waals surface area contributed by atoms with Crippen molar-refractivity contribution in [1.82, 2.24) is 9.71 Å². The Bertz CT molecular complexity index is 1320. The predicted octanol–water partition coefficient (Wildman–Crippen LogP) is 3.19. The highest BCUT2D eigenvalue weighted by molar-refractivity contribution is 9.10. The molecule has 3 aromatic rings. The van der Waals surface area contributed by atoms with E-state index in [-0.39, 0.29) is 11.4 Å². The molecule has 7 nitrogen and oxygen atoms in total. The van der Waals surface area contributed by atoms with Crippen LogP contribution in [0.5, 0.6) is 5.75 Å². The Morgan fingerprint density at radius 1 is 1.15 bits per heavy atom. The van der Waals surface area contributed by atoms with Crippen molar-refractivity contribution < 1.29 is 23.4 Å². The SMILES string of the molecule is CNS(=O)(=O)C1C(c2ccccc2)C2Oc3cc(Cl)c(-c4ccc(Br)cc4)nc3C2(O)C1O. The summed E-state index contributed by atoms with van der Waals surface area (Å²) in [6, 6.07) is 17.7. The number of halogens is 2. The fourth-order valence-corrected chi connectivity index (χ4v) is 6.85. The van der Waals surface area contributed by atoms with Gasteiger partial charge in [0.2, 0.25) is 10.0 Å². The fourth-order valence-electron chi connectivity index (χ4n) is 4.83. The van der Waals surface area contributed by atoms with Crippen LogP contribution in [0.25, 0.3) is 11.3 Å². The van der Waals surface area contributed by atoms with Crippen molar-refractivity contribution in [2.24, 2.45) is 0 Å². The third-order valence-electron chi connectivity index (χ3n) is 6.40. The summed E-state index contributed by atoms with van der Waals surface area (Å²) in [6.07, 6.45) is -2.78. The third-order valence-corrected chi connectivity index (χ3v) is 9.05. The second-order valence-corrected chi connectivity index (χ2v) is 11.5. The summed E-state index contributed by atoms with van der Waals surface area (Å²) in [5.74, 6) is -0.638. The zero-order valence-corrected chi connectivity index (χ0v) is 20.5. The number of rotatable bonds is 4. The van der Waals surface area contributed by atoms with Crippen LogP contribution in [0.1, 0.15) is 17.2 Å². The Balaban J connectivity index is 1.69. The normalized spacial score (nSPS) is 28.3. The molecule has 0 bridgehead atoms. The number of nitrogens with zero attached hydrogens (tertiary/aromatic N) is 1. The molecule has 1 aliphatic heterocycles. The van der Waals surface area contributed by atoms with Crippen LogP contribution in [-0.2, 0) is 15.6 Å². The van der Waals surface area contributed by atoms with E-state index in [1.807, 2.05) is 24.3 Å². The number of hydrogen-bond acceptors (Lipinski definition) is 6. The summed E-state index contributed by atoms with van der Waals surface area (Å²) in [5.41, 5.74) is -0.280. The maximum absolute atomic E-state index is 13.0. The Morgan fingerprint density at radius 3 is 2.45 bits per heavy atom. The second kappa shape index (κ2) is 8.04. The number of fused-ring (bicyclic) bond motifs is 3. The molecule has 5 unspecified atom stereocenters. The van der Waals surface area contributed by atoms with Crippen LogP contribution in [0.2, 0.25) is 5.02 Å². The van der Waals surface area contributed by atoms with Crippen molar-refractivity contribution in [2.45, 2.75) is 29.0 Å². The number of aliphatic hydroxyl groups excluding tert-OH is 1. The van der Waals surface area contributed by atoms with Crippen LogP contribution in [0.15, 0.2) is 65.1 Å². The molecule has 5 rings (SSSR count). The quantitative estimate of drug-likeness (QED) is 0.460. The molecular formula is C23H20BrClN2O5S. The van der Waals surface area contributed by atoms with E-state index >= 15 is 0 Å². The van der Waals surface area contributed by atoms with E-state index in [1.165, 1.54) is 7.05 Å². The largest absolute Gasteiger partial charge is 0.484 e. The number of aliphatic hydroxyl groups is 2. The molecule has 2 aromatic carbocycles. The highest BCUT2D eigenvalue weighted by Crippen LogP contribution is 2.57. The molecule has 1 saturated carbocycles. The van der Waals surface area contributed by atoms with Gasteiger partial charge in [0.1, 0.15) is 28.9 Å². The van der Waals surface area contributed by atoms with Crippen LogP contribution in [0.3, 0.4) is 0 Å². The van der Waals surface area contributed by atoms with E-state index < -0.39 is 39.0 Å². The van der Waals surface area contributed by atoms with Crippen molar-refractivity contribution in [2.75, 3.05) is 7.05 Å². The van der Waals surface area contributed by atoms with Crippen molar-refractivity contribution in [1.29, 1.82) is 0 Å². The molecular weight excluding hydrogens is 532 g/mol. The van der Waals surface area contributed by atoms with E-state index in [0.717, 1.165) is 4.47 Å². The van der Waals surface area contributed by atoms with Gasteiger partial charge in [-0.15, -0.1) is 0 Å². The smallest absolute Gasteiger partial charge is 0.217 e. The van der Waals surface area contributed by atoms with Crippen LogP contribution in [0.4, 0.5) is 0 Å². The van der Waals surface area contributed by atoms with Gasteiger partial charge in [-0.1, -0.05) is 70.0 Å². The van der Waals surface area contributed by atoms with Crippen molar-refractivity contribution in [3.05, 3.63) is 81.4 Å². The molecule has 33 heavy (non-hydrogen) atoms. The minimum Gasteiger partial charge on any atom is -0.484 e. The van der Waals surface area contributed by atoms with Gasteiger partial charge in [-0.3, -0.25) is 0 Å². The first-order valence-corrected chi connectivity index (χ1v) is 12.9. The molecule has 5 atom stereocenters. The molecule has 0 radical (unpaired) electrons. The maximum Gasteiger partial charge on any atom is 0.217 e. The zero-order valence-electron chi connectivity index (χ0n) is 17.3. The van der Waals surface area contributed by atoms with Crippen LogP contribution in [0, 0.1) is 0 Å². The van der Waals surface area contributed by atoms with Gasteiger partial charge in [0.15, 0.2) is 5.60 Å². The summed E-state index contributed by atoms with van der Waals surface area (Å²) >= 11 is 9.88. The molecule has 3 N–H and O–H groups in total. The lowest BCUT2D eigenvalue weighted by atomic mass is 9.90. The number of aromatic nitrogens is 1. The lowest BCUT2D eigenvalue weighted by Gasteiger charge is -2.26. The van der Waals surface area contributed by atoms with Crippen LogP contribution in [-0.4, -0.2) is 48.1 Å². The van der Waals surface area contributed by atoms with Gasteiger partial charge < -0.3 is 14.9 Å². The predicted molar refractivity (Wildman–Crippen MR) is 128 cm³/mol. The lowest BCUT2D eigenvalue weighted by Crippen LogP contribution is -2.47. The van der Waals surface area contributed by atoms with Gasteiger partial charge in [-0.25, -0.2) is 18.1 Å². The number of benzene rings is 2. The minimum absolute atomic E-state index is 0.0667. The second-order valence-electron chi connectivity index (χ2n) is 8.13. The van der Waals surface area contributed by atoms with E-state index in [0.29, 0.717) is 21.8 Å². The van der Waals surface area contributed by atoms with E-state index in [9.17, 15) is 18.6 Å². The third kappa shape index (κ3) is 3.41. The van der Waals surface area contributed by atoms with Gasteiger partial charge in [0, 0.05) is 22.0 Å². The zero-order chi connectivity index (χ0) is 23.5. The molecule has 1 aromatic heterocycles. The van der Waals surface area contributed by atoms with Crippen molar-refractivity contribution >= 4 is 37.6 Å². The summed E-state index contributed by atoms with van der Waals surface area (Å²) in [7, 11) is -2.72. The first-order chi connectivity index (χ1) is 15.7. The Hall–Kier alpha value is -2.01. The molecule has 2 aliphatic rings. The fraction of sp³-hybridized carbons (Fsp3) is 0.261. The molecule has 0 amide bonds. The Kier molecular flexibility index (Phi) is 5.55. The monoisotopic (exact) mass is 550 g/mol. The van der Waals surface area contributed by atoms with Crippen molar-refractivity contribution in [3.63, 3.8) is 0 Å². The lowest BCUT2D eigenvalue weighted by molar-refractivity contribution is -0.0927. The van der Waals surface area contributed by atoms with Gasteiger partial charge in [-0.05, 0) is 24.7 Å². The summed E-state index contributed by atoms with van der Waals surface area (Å²) in [6.45, 7) is 0. The molecule has 1 fully saturated rings. The molecule has 0 spiro atoms. The summed E-state index contributed by atoms with van der Waals surface area (Å²) < 4.78 is 35.2. The number of sulfonamides is 1. The van der Waals surface area contributed by atoms with Crippen LogP contribution >= 0.6 is 27.5 Å². The van der Waals surface area contributed by atoms with E-state index in [2.05, 4.69) is 25.6 Å². The summed E-state index contributed by atoms with van der Waals surface area (Å²) in [5, 5.41) is 22.1. The first kappa shape index (κ1) is 22.8. The molecule has 1 aliphatic carbocycles. The molecule has 10 heteroatoms. The van der Waals surface area contributed by atoms with Crippen molar-refractivity contribution in [3.8, 4) is 17.0 Å². The average molecular weight is 552 g/mol. The Morgan fingerprint density at radius 2 is 1.82 bits per heavy atom. The highest BCUT2D eigenvalue weighted by atomic mass is 79.9. The average Bonchev–Trinajstić information content (AvgIpc) is 3.21. The van der Waals surface area contributed by atoms with E-state index in [4.69, 9.17) is 16.3 Å². The first-order valence-electron chi connectivity index (χ1n) is 10.2. The Labute approximate surface area is 204 Å². The highest BCUT2D eigenvalue weighted by Gasteiger charge is 2.70. The minimum atomic E-state index is -4.00. The van der Waals surface area contributed by atoms with Crippen LogP contribution < -0.4 is 9.46 Å². The standard InChI is InChI=1S/C23H20BrClN2O5S/c1-26-33(30,31)19-17(12-5-3-2-4-6-12)22-23(29,21(19)28)20-16(32-22)11-15(25)18(27-20)13-7-9-14(24)10-8-13/h2-11,17,19,21-22,26,28-29H,1H3. The number of nitrogens with one attached hydrogen (secondary N) is 1. The maximum atomic E-state index is 13.0. The van der Waals surface area contributed by atoms with E-state index in [1.54, 1.807) is 36.4 Å². The van der Waals surface area contributed by atoms with Gasteiger partial charge >= 0.3 is 0 Å². The number of pyridine rings is 1.